The number of ether oxygens (including phenoxy) is 2. The van der Waals surface area contributed by atoms with Crippen molar-refractivity contribution in [1.82, 2.24) is 10.3 Å². The number of nitrogens with one attached hydrogen (secondary N) is 1. The molecule has 0 unspecified atom stereocenters. The van der Waals surface area contributed by atoms with Crippen LogP contribution in [0.15, 0.2) is 18.3 Å². The molecule has 0 spiro atoms. The normalized spacial score (nSPS) is 10.7. The maximum atomic E-state index is 9.08. The minimum absolute atomic E-state index is 0.201. The first-order chi connectivity index (χ1) is 8.83. The average molecular weight is 254 g/mol. The van der Waals surface area contributed by atoms with Crippen LogP contribution in [-0.2, 0) is 16.0 Å². The van der Waals surface area contributed by atoms with Gasteiger partial charge in [-0.2, -0.15) is 0 Å². The molecule has 5 nitrogen and oxygen atoms in total. The van der Waals surface area contributed by atoms with Crippen LogP contribution in [0.25, 0.3) is 0 Å². The van der Waals surface area contributed by atoms with Gasteiger partial charge in [-0.05, 0) is 31.5 Å². The van der Waals surface area contributed by atoms with Crippen molar-refractivity contribution in [1.29, 1.82) is 0 Å². The number of methoxy groups -OCH3 is 1. The van der Waals surface area contributed by atoms with E-state index < -0.39 is 0 Å². The molecule has 0 aliphatic rings. The van der Waals surface area contributed by atoms with Crippen molar-refractivity contribution in [2.45, 2.75) is 19.4 Å². The van der Waals surface area contributed by atoms with Crippen molar-refractivity contribution in [2.75, 3.05) is 33.5 Å². The maximum absolute atomic E-state index is 9.08. The van der Waals surface area contributed by atoms with Crippen molar-refractivity contribution in [3.63, 3.8) is 0 Å². The number of hydrogen-bond acceptors (Lipinski definition) is 5. The maximum Gasteiger partial charge on any atom is 0.133 e. The molecule has 0 fully saturated rings. The number of nitrogens with zero attached hydrogens (tertiary/aromatic N) is 1. The highest BCUT2D eigenvalue weighted by Gasteiger charge is 1.95. The molecule has 0 saturated carbocycles. The summed E-state index contributed by atoms with van der Waals surface area (Å²) in [6.45, 7) is 3.77. The largest absolute Gasteiger partial charge is 0.506 e. The van der Waals surface area contributed by atoms with Crippen molar-refractivity contribution in [3.8, 4) is 5.75 Å². The van der Waals surface area contributed by atoms with E-state index in [1.165, 1.54) is 6.20 Å². The Morgan fingerprint density at radius 1 is 1.22 bits per heavy atom. The molecule has 102 valence electrons. The molecule has 1 aromatic rings. The van der Waals surface area contributed by atoms with Gasteiger partial charge in [-0.15, -0.1) is 0 Å². The van der Waals surface area contributed by atoms with Gasteiger partial charge in [-0.3, -0.25) is 4.98 Å². The molecule has 0 bridgehead atoms. The van der Waals surface area contributed by atoms with E-state index in [0.29, 0.717) is 13.2 Å². The van der Waals surface area contributed by atoms with E-state index in [1.807, 2.05) is 6.07 Å². The third-order valence-electron chi connectivity index (χ3n) is 2.44. The van der Waals surface area contributed by atoms with E-state index in [-0.39, 0.29) is 5.75 Å². The Balaban J connectivity index is 1.91. The van der Waals surface area contributed by atoms with E-state index >= 15 is 0 Å². The van der Waals surface area contributed by atoms with Crippen molar-refractivity contribution in [2.24, 2.45) is 0 Å². The van der Waals surface area contributed by atoms with Crippen LogP contribution >= 0.6 is 0 Å². The lowest BCUT2D eigenvalue weighted by Gasteiger charge is -2.05. The molecule has 18 heavy (non-hydrogen) atoms. The third-order valence-corrected chi connectivity index (χ3v) is 2.44. The van der Waals surface area contributed by atoms with Gasteiger partial charge in [0.25, 0.3) is 0 Å². The van der Waals surface area contributed by atoms with Crippen molar-refractivity contribution >= 4 is 0 Å². The SMILES string of the molecule is COCCOCCCCNCc1ccc(O)cn1. The Bertz CT molecular complexity index is 304. The highest BCUT2D eigenvalue weighted by Crippen LogP contribution is 2.05. The van der Waals surface area contributed by atoms with E-state index in [9.17, 15) is 0 Å². The fourth-order valence-corrected chi connectivity index (χ4v) is 1.44. The van der Waals surface area contributed by atoms with Gasteiger partial charge < -0.3 is 19.9 Å². The minimum Gasteiger partial charge on any atom is -0.506 e. The molecule has 0 aliphatic heterocycles. The molecular weight excluding hydrogens is 232 g/mol. The first kappa shape index (κ1) is 14.9. The molecular formula is C13H22N2O3. The van der Waals surface area contributed by atoms with Crippen LogP contribution in [-0.4, -0.2) is 43.6 Å². The quantitative estimate of drug-likeness (QED) is 0.617. The predicted octanol–water partition coefficient (Wildman–Crippen LogP) is 1.32. The van der Waals surface area contributed by atoms with Crippen LogP contribution in [0.1, 0.15) is 18.5 Å². The zero-order valence-corrected chi connectivity index (χ0v) is 10.9. The Morgan fingerprint density at radius 2 is 2.11 bits per heavy atom. The molecule has 2 N–H and O–H groups in total. The highest BCUT2D eigenvalue weighted by atomic mass is 16.5. The summed E-state index contributed by atoms with van der Waals surface area (Å²) in [6, 6.07) is 3.46. The third kappa shape index (κ3) is 7.21. The summed E-state index contributed by atoms with van der Waals surface area (Å²) in [5, 5.41) is 12.4. The lowest BCUT2D eigenvalue weighted by atomic mass is 10.3. The average Bonchev–Trinajstić information content (AvgIpc) is 2.39. The zero-order chi connectivity index (χ0) is 13.1. The van der Waals surface area contributed by atoms with Gasteiger partial charge in [-0.1, -0.05) is 0 Å². The molecule has 1 heterocycles. The van der Waals surface area contributed by atoms with Crippen molar-refractivity contribution < 1.29 is 14.6 Å². The van der Waals surface area contributed by atoms with Crippen LogP contribution < -0.4 is 5.32 Å². The molecule has 1 aromatic heterocycles. The summed E-state index contributed by atoms with van der Waals surface area (Å²) in [6.07, 6.45) is 3.57. The van der Waals surface area contributed by atoms with Gasteiger partial charge in [0.15, 0.2) is 0 Å². The second-order valence-corrected chi connectivity index (χ2v) is 4.00. The smallest absolute Gasteiger partial charge is 0.133 e. The zero-order valence-electron chi connectivity index (χ0n) is 10.9. The van der Waals surface area contributed by atoms with Gasteiger partial charge in [0.2, 0.25) is 0 Å². The van der Waals surface area contributed by atoms with Gasteiger partial charge >= 0.3 is 0 Å². The minimum atomic E-state index is 0.201. The topological polar surface area (TPSA) is 63.6 Å². The number of rotatable bonds is 10. The lowest BCUT2D eigenvalue weighted by Crippen LogP contribution is -2.16. The van der Waals surface area contributed by atoms with Gasteiger partial charge in [-0.25, -0.2) is 0 Å². The number of unbranched alkanes of at least 4 members (excludes halogenated alkanes) is 1. The van der Waals surface area contributed by atoms with Gasteiger partial charge in [0.1, 0.15) is 5.75 Å². The fraction of sp³-hybridized carbons (Fsp3) is 0.615. The molecule has 0 amide bonds. The lowest BCUT2D eigenvalue weighted by molar-refractivity contribution is 0.0688. The second kappa shape index (κ2) is 9.82. The van der Waals surface area contributed by atoms with E-state index in [0.717, 1.165) is 38.2 Å². The van der Waals surface area contributed by atoms with E-state index in [1.54, 1.807) is 13.2 Å². The number of pyridine rings is 1. The van der Waals surface area contributed by atoms with Crippen molar-refractivity contribution in [3.05, 3.63) is 24.0 Å². The van der Waals surface area contributed by atoms with Crippen LogP contribution in [0.5, 0.6) is 5.75 Å². The summed E-state index contributed by atoms with van der Waals surface area (Å²) in [5.74, 6) is 0.201. The first-order valence-corrected chi connectivity index (χ1v) is 6.24. The summed E-state index contributed by atoms with van der Waals surface area (Å²) in [4.78, 5) is 4.09. The van der Waals surface area contributed by atoms with Crippen LogP contribution in [0.4, 0.5) is 0 Å². The molecule has 0 aliphatic carbocycles. The number of aromatic nitrogens is 1. The summed E-state index contributed by atoms with van der Waals surface area (Å²) in [7, 11) is 1.67. The predicted molar refractivity (Wildman–Crippen MR) is 69.5 cm³/mol. The van der Waals surface area contributed by atoms with E-state index in [4.69, 9.17) is 14.6 Å². The second-order valence-electron chi connectivity index (χ2n) is 4.00. The molecule has 0 saturated heterocycles. The highest BCUT2D eigenvalue weighted by molar-refractivity contribution is 5.17. The van der Waals surface area contributed by atoms with Gasteiger partial charge in [0.05, 0.1) is 25.1 Å². The number of hydrogen-bond donors (Lipinski definition) is 2. The monoisotopic (exact) mass is 254 g/mol. The molecule has 5 heteroatoms. The molecule has 0 atom stereocenters. The Hall–Kier alpha value is -1.17. The van der Waals surface area contributed by atoms with Crippen LogP contribution in [0.3, 0.4) is 0 Å². The van der Waals surface area contributed by atoms with Crippen LogP contribution in [0, 0.1) is 0 Å². The summed E-state index contributed by atoms with van der Waals surface area (Å²) in [5.41, 5.74) is 0.934. The molecule has 1 rings (SSSR count). The fourth-order valence-electron chi connectivity index (χ4n) is 1.44. The van der Waals surface area contributed by atoms with E-state index in [2.05, 4.69) is 10.3 Å². The summed E-state index contributed by atoms with van der Waals surface area (Å²) >= 11 is 0. The number of aromatic hydroxyl groups is 1. The first-order valence-electron chi connectivity index (χ1n) is 6.24. The van der Waals surface area contributed by atoms with Crippen LogP contribution in [0.2, 0.25) is 0 Å². The van der Waals surface area contributed by atoms with Gasteiger partial charge in [0, 0.05) is 20.3 Å². The standard InChI is InChI=1S/C13H22N2O3/c1-17-8-9-18-7-3-2-6-14-10-12-4-5-13(16)11-15-12/h4-5,11,14,16H,2-3,6-10H2,1H3. The molecule has 0 radical (unpaired) electrons. The summed E-state index contributed by atoms with van der Waals surface area (Å²) < 4.78 is 10.2. The Kier molecular flexibility index (Phi) is 8.12. The Morgan fingerprint density at radius 3 is 2.83 bits per heavy atom. The Labute approximate surface area is 108 Å². The molecule has 0 aromatic carbocycles.